The maximum absolute atomic E-state index is 14.0. The number of amides is 1. The molecule has 4 nitrogen and oxygen atoms in total. The molecule has 1 aliphatic rings. The van der Waals surface area contributed by atoms with E-state index in [0.29, 0.717) is 6.07 Å². The summed E-state index contributed by atoms with van der Waals surface area (Å²) in [4.78, 5) is 12.2. The molecule has 154 valence electrons. The molecule has 0 aromatic heterocycles. The van der Waals surface area contributed by atoms with Crippen LogP contribution in [0.5, 0.6) is 0 Å². The lowest BCUT2D eigenvalue weighted by atomic mass is 9.95. The summed E-state index contributed by atoms with van der Waals surface area (Å²) in [7, 11) is 0. The van der Waals surface area contributed by atoms with Crippen LogP contribution in [0.4, 0.5) is 13.6 Å². The summed E-state index contributed by atoms with van der Waals surface area (Å²) in [6.07, 6.45) is -0.723. The molecule has 30 heavy (non-hydrogen) atoms. The Hall–Kier alpha value is -3.25. The smallest absolute Gasteiger partial charge is 0.407 e. The number of benzene rings is 3. The molecule has 0 radical (unpaired) electrons. The van der Waals surface area contributed by atoms with E-state index in [1.54, 1.807) is 0 Å². The molecule has 1 unspecified atom stereocenters. The predicted molar refractivity (Wildman–Crippen MR) is 109 cm³/mol. The van der Waals surface area contributed by atoms with Crippen molar-refractivity contribution in [3.05, 3.63) is 95.1 Å². The number of carbonyl (C=O) groups excluding carboxylic acids is 1. The maximum Gasteiger partial charge on any atom is 0.407 e. The van der Waals surface area contributed by atoms with Crippen LogP contribution in [0.2, 0.25) is 0 Å². The van der Waals surface area contributed by atoms with Crippen molar-refractivity contribution in [2.75, 3.05) is 13.2 Å². The van der Waals surface area contributed by atoms with E-state index in [-0.39, 0.29) is 24.6 Å². The first kappa shape index (κ1) is 20.0. The van der Waals surface area contributed by atoms with Crippen molar-refractivity contribution in [2.24, 2.45) is 0 Å². The second-order valence-electron chi connectivity index (χ2n) is 7.58. The zero-order valence-electron chi connectivity index (χ0n) is 16.4. The van der Waals surface area contributed by atoms with Crippen LogP contribution in [0.3, 0.4) is 0 Å². The fraction of sp³-hybridized carbons (Fsp3) is 0.208. The van der Waals surface area contributed by atoms with Crippen molar-refractivity contribution in [1.29, 1.82) is 0 Å². The van der Waals surface area contributed by atoms with Crippen molar-refractivity contribution in [3.63, 3.8) is 0 Å². The van der Waals surface area contributed by atoms with Gasteiger partial charge < -0.3 is 15.2 Å². The molecule has 3 aromatic carbocycles. The van der Waals surface area contributed by atoms with Crippen molar-refractivity contribution in [3.8, 4) is 11.1 Å². The van der Waals surface area contributed by atoms with Crippen LogP contribution in [0.1, 0.15) is 29.5 Å². The van der Waals surface area contributed by atoms with E-state index in [1.807, 2.05) is 48.5 Å². The number of aliphatic hydroxyl groups is 1. The van der Waals surface area contributed by atoms with Gasteiger partial charge >= 0.3 is 6.09 Å². The first-order valence-corrected chi connectivity index (χ1v) is 9.63. The van der Waals surface area contributed by atoms with Crippen LogP contribution in [-0.2, 0) is 10.3 Å². The Morgan fingerprint density at radius 2 is 1.63 bits per heavy atom. The second kappa shape index (κ2) is 7.88. The van der Waals surface area contributed by atoms with Crippen LogP contribution in [-0.4, -0.2) is 24.4 Å². The molecule has 6 heteroatoms. The van der Waals surface area contributed by atoms with E-state index in [2.05, 4.69) is 5.32 Å². The number of ether oxygens (including phenoxy) is 1. The van der Waals surface area contributed by atoms with Crippen molar-refractivity contribution in [1.82, 2.24) is 5.32 Å². The number of nitrogens with one attached hydrogen (secondary N) is 1. The Morgan fingerprint density at radius 3 is 2.23 bits per heavy atom. The van der Waals surface area contributed by atoms with Gasteiger partial charge in [-0.3, -0.25) is 0 Å². The van der Waals surface area contributed by atoms with Crippen molar-refractivity contribution in [2.45, 2.75) is 18.4 Å². The summed E-state index contributed by atoms with van der Waals surface area (Å²) in [5, 5.41) is 13.0. The Balaban J connectivity index is 1.41. The zero-order chi connectivity index (χ0) is 21.3. The van der Waals surface area contributed by atoms with Gasteiger partial charge in [0.25, 0.3) is 0 Å². The van der Waals surface area contributed by atoms with Crippen LogP contribution >= 0.6 is 0 Å². The maximum atomic E-state index is 14.0. The summed E-state index contributed by atoms with van der Waals surface area (Å²) in [5.41, 5.74) is 2.60. The summed E-state index contributed by atoms with van der Waals surface area (Å²) >= 11 is 0. The minimum absolute atomic E-state index is 0.0850. The topological polar surface area (TPSA) is 58.6 Å². The minimum atomic E-state index is -1.72. The van der Waals surface area contributed by atoms with E-state index in [9.17, 15) is 18.7 Å². The van der Waals surface area contributed by atoms with Gasteiger partial charge in [-0.25, -0.2) is 13.6 Å². The normalized spacial score (nSPS) is 14.5. The third-order valence-corrected chi connectivity index (χ3v) is 5.43. The molecule has 1 aliphatic carbocycles. The first-order chi connectivity index (χ1) is 14.4. The largest absolute Gasteiger partial charge is 0.449 e. The molecule has 0 saturated heterocycles. The van der Waals surface area contributed by atoms with E-state index in [0.717, 1.165) is 34.4 Å². The molecular weight excluding hydrogens is 388 g/mol. The summed E-state index contributed by atoms with van der Waals surface area (Å²) in [6, 6.07) is 18.9. The lowest BCUT2D eigenvalue weighted by molar-refractivity contribution is 0.0498. The molecule has 3 aromatic rings. The van der Waals surface area contributed by atoms with Gasteiger partial charge in [0.05, 0.1) is 6.54 Å². The number of alkyl carbamates (subject to hydrolysis) is 1. The molecule has 1 amide bonds. The molecule has 0 bridgehead atoms. The number of hydrogen-bond acceptors (Lipinski definition) is 3. The predicted octanol–water partition coefficient (Wildman–Crippen LogP) is 4.71. The SMILES string of the molecule is CC(O)(CNC(=O)OCC1c2ccccc2-c2ccccc21)c1ccc(F)cc1F. The van der Waals surface area contributed by atoms with Crippen molar-refractivity contribution >= 4 is 6.09 Å². The molecule has 0 fully saturated rings. The quantitative estimate of drug-likeness (QED) is 0.642. The molecule has 0 aliphatic heterocycles. The Labute approximate surface area is 173 Å². The Kier molecular flexibility index (Phi) is 5.26. The molecule has 1 atom stereocenters. The highest BCUT2D eigenvalue weighted by atomic mass is 19.1. The number of hydrogen-bond donors (Lipinski definition) is 2. The minimum Gasteiger partial charge on any atom is -0.449 e. The zero-order valence-corrected chi connectivity index (χ0v) is 16.4. The fourth-order valence-electron chi connectivity index (χ4n) is 3.92. The molecule has 0 spiro atoms. The molecular formula is C24H21F2NO3. The van der Waals surface area contributed by atoms with E-state index >= 15 is 0 Å². The number of fused-ring (bicyclic) bond motifs is 3. The monoisotopic (exact) mass is 409 g/mol. The fourth-order valence-corrected chi connectivity index (χ4v) is 3.92. The highest BCUT2D eigenvalue weighted by molar-refractivity contribution is 5.79. The molecule has 4 rings (SSSR count). The average molecular weight is 409 g/mol. The Bertz CT molecular complexity index is 1050. The van der Waals surface area contributed by atoms with Crippen LogP contribution in [0, 0.1) is 11.6 Å². The van der Waals surface area contributed by atoms with E-state index in [1.165, 1.54) is 6.92 Å². The van der Waals surface area contributed by atoms with Crippen molar-refractivity contribution < 1.29 is 23.4 Å². The summed E-state index contributed by atoms with van der Waals surface area (Å²) < 4.78 is 32.5. The third-order valence-electron chi connectivity index (χ3n) is 5.43. The van der Waals surface area contributed by atoms with Gasteiger partial charge in [-0.05, 0) is 35.2 Å². The summed E-state index contributed by atoms with van der Waals surface area (Å²) in [5.74, 6) is -1.70. The first-order valence-electron chi connectivity index (χ1n) is 9.63. The Morgan fingerprint density at radius 1 is 1.03 bits per heavy atom. The van der Waals surface area contributed by atoms with Gasteiger partial charge in [0, 0.05) is 17.5 Å². The van der Waals surface area contributed by atoms with Crippen LogP contribution in [0.15, 0.2) is 66.7 Å². The number of carbonyl (C=O) groups is 1. The average Bonchev–Trinajstić information content (AvgIpc) is 3.04. The highest BCUT2D eigenvalue weighted by Crippen LogP contribution is 2.44. The summed E-state index contributed by atoms with van der Waals surface area (Å²) in [6.45, 7) is 1.19. The number of halogens is 2. The van der Waals surface area contributed by atoms with Crippen LogP contribution in [0.25, 0.3) is 11.1 Å². The molecule has 0 saturated carbocycles. The van der Waals surface area contributed by atoms with Gasteiger partial charge in [-0.1, -0.05) is 54.6 Å². The van der Waals surface area contributed by atoms with E-state index in [4.69, 9.17) is 4.74 Å². The third kappa shape index (κ3) is 3.78. The standard InChI is InChI=1S/C24H21F2NO3/c1-24(29,21-11-10-15(25)12-22(21)26)14-27-23(28)30-13-20-18-8-4-2-6-16(18)17-7-3-5-9-19(17)20/h2-12,20,29H,13-14H2,1H3,(H,27,28). The van der Waals surface area contributed by atoms with Crippen LogP contribution < -0.4 is 5.32 Å². The second-order valence-corrected chi connectivity index (χ2v) is 7.58. The van der Waals surface area contributed by atoms with Gasteiger partial charge in [-0.15, -0.1) is 0 Å². The number of rotatable bonds is 5. The van der Waals surface area contributed by atoms with Gasteiger partial charge in [-0.2, -0.15) is 0 Å². The lowest BCUT2D eigenvalue weighted by Gasteiger charge is -2.24. The van der Waals surface area contributed by atoms with Gasteiger partial charge in [0.2, 0.25) is 0 Å². The lowest BCUT2D eigenvalue weighted by Crippen LogP contribution is -2.39. The molecule has 0 heterocycles. The van der Waals surface area contributed by atoms with E-state index < -0.39 is 23.3 Å². The molecule has 2 N–H and O–H groups in total. The highest BCUT2D eigenvalue weighted by Gasteiger charge is 2.30. The van der Waals surface area contributed by atoms with Gasteiger partial charge in [0.1, 0.15) is 23.8 Å². The van der Waals surface area contributed by atoms with Gasteiger partial charge in [0.15, 0.2) is 0 Å².